The van der Waals surface area contributed by atoms with Gasteiger partial charge in [0.25, 0.3) is 0 Å². The maximum atomic E-state index is 12.1. The minimum Gasteiger partial charge on any atom is -0.368 e. The Morgan fingerprint density at radius 3 is 1.49 bits per heavy atom. The monoisotopic (exact) mass is 632 g/mol. The molecule has 4 atom stereocenters. The Kier molecular flexibility index (Phi) is 13.4. The van der Waals surface area contributed by atoms with Gasteiger partial charge in [0.15, 0.2) is 0 Å². The number of aryl methyl sites for hydroxylation is 2. The van der Waals surface area contributed by atoms with Gasteiger partial charge in [0, 0.05) is 6.42 Å². The zero-order valence-electron chi connectivity index (χ0n) is 27.4. The molecule has 0 unspecified atom stereocenters. The number of nitrogens with zero attached hydrogens (tertiary/aromatic N) is 1. The standard InChI is InChI=1S/C19H23N3O2.C19H21N3O/c1-14-8-10-15(11-9-14)12-19(2,18(20)24)22-17(21-13-23)16-6-4-3-5-7-16;1-15-8-10-16(11-9-15)12-19(2,13-20)22-18(21-14-23)17-6-4-3-5-7-17/h3-11,13,17,22H,12H2,1-2H3,(H2,20,24)(H,21,23);3-11,14,18,22H,12H2,1-2H3,(H,21,23)/t17-,19+;18-,19+/m11/s1. The number of benzene rings is 4. The largest absolute Gasteiger partial charge is 0.368 e. The first-order valence-electron chi connectivity index (χ1n) is 15.4. The molecule has 0 aliphatic heterocycles. The van der Waals surface area contributed by atoms with Gasteiger partial charge in [-0.15, -0.1) is 0 Å². The Hall–Kier alpha value is -5.30. The highest BCUT2D eigenvalue weighted by Crippen LogP contribution is 2.20. The molecule has 0 saturated heterocycles. The van der Waals surface area contributed by atoms with Crippen LogP contribution in [0.4, 0.5) is 0 Å². The summed E-state index contributed by atoms with van der Waals surface area (Å²) < 4.78 is 0. The summed E-state index contributed by atoms with van der Waals surface area (Å²) in [5.74, 6) is -0.475. The molecule has 244 valence electrons. The number of amides is 3. The minimum absolute atomic E-state index is 0.413. The van der Waals surface area contributed by atoms with Crippen LogP contribution in [0.1, 0.15) is 59.6 Å². The molecule has 0 heterocycles. The van der Waals surface area contributed by atoms with Crippen molar-refractivity contribution in [3.8, 4) is 6.07 Å². The molecule has 0 aliphatic rings. The van der Waals surface area contributed by atoms with Crippen LogP contribution >= 0.6 is 0 Å². The molecule has 9 heteroatoms. The van der Waals surface area contributed by atoms with E-state index in [1.165, 1.54) is 5.56 Å². The number of nitriles is 1. The zero-order chi connectivity index (χ0) is 34.3. The third-order valence-corrected chi connectivity index (χ3v) is 7.81. The van der Waals surface area contributed by atoms with E-state index in [-0.39, 0.29) is 0 Å². The first-order valence-corrected chi connectivity index (χ1v) is 15.4. The second kappa shape index (κ2) is 17.4. The normalized spacial score (nSPS) is 14.4. The number of rotatable bonds is 15. The summed E-state index contributed by atoms with van der Waals surface area (Å²) in [5.41, 5.74) is 10.0. The lowest BCUT2D eigenvalue weighted by Gasteiger charge is -2.32. The van der Waals surface area contributed by atoms with Crippen molar-refractivity contribution in [3.05, 3.63) is 143 Å². The average Bonchev–Trinajstić information content (AvgIpc) is 3.07. The SMILES string of the molecule is Cc1ccc(C[C@@](C)(C#N)N[C@@H](NC=O)c2ccccc2)cc1.Cc1ccc(C[C@](C)(N[C@@H](NC=O)c2ccccc2)C(N)=O)cc1. The van der Waals surface area contributed by atoms with Crippen molar-refractivity contribution in [1.29, 1.82) is 5.26 Å². The van der Waals surface area contributed by atoms with E-state index in [4.69, 9.17) is 5.73 Å². The Bertz CT molecular complexity index is 1610. The Balaban J connectivity index is 0.000000256. The second-order valence-electron chi connectivity index (χ2n) is 12.0. The van der Waals surface area contributed by atoms with Gasteiger partial charge in [0.1, 0.15) is 23.4 Å². The number of hydrogen-bond donors (Lipinski definition) is 5. The molecule has 9 nitrogen and oxygen atoms in total. The number of carbonyl (C=O) groups excluding carboxylic acids is 3. The summed E-state index contributed by atoms with van der Waals surface area (Å²) in [6.07, 6.45) is 1.31. The smallest absolute Gasteiger partial charge is 0.237 e. The molecular formula is C38H44N6O3. The summed E-state index contributed by atoms with van der Waals surface area (Å²) in [6.45, 7) is 7.63. The van der Waals surface area contributed by atoms with Crippen molar-refractivity contribution < 1.29 is 14.4 Å². The summed E-state index contributed by atoms with van der Waals surface area (Å²) in [7, 11) is 0. The van der Waals surface area contributed by atoms with Gasteiger partial charge in [-0.25, -0.2) is 0 Å². The molecule has 0 aromatic heterocycles. The van der Waals surface area contributed by atoms with Crippen LogP contribution in [0.5, 0.6) is 0 Å². The second-order valence-corrected chi connectivity index (χ2v) is 12.0. The molecule has 0 saturated carbocycles. The van der Waals surface area contributed by atoms with E-state index in [0.29, 0.717) is 25.7 Å². The van der Waals surface area contributed by atoms with Crippen LogP contribution in [-0.2, 0) is 27.2 Å². The quantitative estimate of drug-likeness (QED) is 0.0950. The number of primary amides is 1. The topological polar surface area (TPSA) is 149 Å². The lowest BCUT2D eigenvalue weighted by atomic mass is 9.90. The molecule has 47 heavy (non-hydrogen) atoms. The predicted molar refractivity (Wildman–Crippen MR) is 184 cm³/mol. The van der Waals surface area contributed by atoms with Crippen molar-refractivity contribution in [2.24, 2.45) is 5.73 Å². The van der Waals surface area contributed by atoms with Crippen LogP contribution in [0, 0.1) is 25.2 Å². The maximum Gasteiger partial charge on any atom is 0.237 e. The van der Waals surface area contributed by atoms with E-state index in [1.54, 1.807) is 6.92 Å². The summed E-state index contributed by atoms with van der Waals surface area (Å²) >= 11 is 0. The molecule has 0 radical (unpaired) electrons. The highest BCUT2D eigenvalue weighted by molar-refractivity contribution is 5.84. The van der Waals surface area contributed by atoms with Gasteiger partial charge in [0.2, 0.25) is 18.7 Å². The van der Waals surface area contributed by atoms with Crippen molar-refractivity contribution >= 4 is 18.7 Å². The Labute approximate surface area is 277 Å². The fourth-order valence-corrected chi connectivity index (χ4v) is 5.07. The van der Waals surface area contributed by atoms with E-state index in [1.807, 2.05) is 130 Å². The molecule has 4 aromatic rings. The van der Waals surface area contributed by atoms with Crippen molar-refractivity contribution in [3.63, 3.8) is 0 Å². The van der Waals surface area contributed by atoms with E-state index in [9.17, 15) is 19.6 Å². The van der Waals surface area contributed by atoms with Crippen LogP contribution in [0.15, 0.2) is 109 Å². The molecule has 0 spiro atoms. The van der Waals surface area contributed by atoms with E-state index >= 15 is 0 Å². The highest BCUT2D eigenvalue weighted by Gasteiger charge is 2.34. The van der Waals surface area contributed by atoms with Crippen LogP contribution in [0.2, 0.25) is 0 Å². The molecule has 4 rings (SSSR count). The van der Waals surface area contributed by atoms with Gasteiger partial charge in [-0.05, 0) is 56.4 Å². The van der Waals surface area contributed by atoms with Gasteiger partial charge >= 0.3 is 0 Å². The lowest BCUT2D eigenvalue weighted by Crippen LogP contribution is -2.58. The van der Waals surface area contributed by atoms with E-state index < -0.39 is 29.3 Å². The first kappa shape index (κ1) is 36.2. The number of nitrogens with one attached hydrogen (secondary N) is 4. The lowest BCUT2D eigenvalue weighted by molar-refractivity contribution is -0.124. The molecule has 4 aromatic carbocycles. The van der Waals surface area contributed by atoms with Crippen LogP contribution in [0.3, 0.4) is 0 Å². The van der Waals surface area contributed by atoms with Crippen molar-refractivity contribution in [1.82, 2.24) is 21.3 Å². The van der Waals surface area contributed by atoms with Crippen LogP contribution in [-0.4, -0.2) is 29.8 Å². The van der Waals surface area contributed by atoms with Crippen LogP contribution in [0.25, 0.3) is 0 Å². The van der Waals surface area contributed by atoms with Crippen molar-refractivity contribution in [2.45, 2.75) is 63.9 Å². The molecular weight excluding hydrogens is 588 g/mol. The number of hydrogen-bond acceptors (Lipinski definition) is 6. The van der Waals surface area contributed by atoms with Gasteiger partial charge in [-0.2, -0.15) is 5.26 Å². The van der Waals surface area contributed by atoms with Gasteiger partial charge < -0.3 is 16.4 Å². The molecule has 0 fully saturated rings. The van der Waals surface area contributed by atoms with Crippen LogP contribution < -0.4 is 27.0 Å². The van der Waals surface area contributed by atoms with Gasteiger partial charge in [0.05, 0.1) is 6.07 Å². The van der Waals surface area contributed by atoms with E-state index in [2.05, 4.69) is 27.3 Å². The molecule has 0 aliphatic carbocycles. The third-order valence-electron chi connectivity index (χ3n) is 7.81. The predicted octanol–water partition coefficient (Wildman–Crippen LogP) is 4.67. The number of carbonyl (C=O) groups is 3. The number of nitrogens with two attached hydrogens (primary N) is 1. The maximum absolute atomic E-state index is 12.1. The Morgan fingerprint density at radius 2 is 1.11 bits per heavy atom. The van der Waals surface area contributed by atoms with Gasteiger partial charge in [-0.3, -0.25) is 25.0 Å². The summed E-state index contributed by atoms with van der Waals surface area (Å²) in [6, 6.07) is 37.3. The summed E-state index contributed by atoms with van der Waals surface area (Å²) in [4.78, 5) is 34.0. The molecule has 6 N–H and O–H groups in total. The molecule has 0 bridgehead atoms. The minimum atomic E-state index is -1.01. The first-order chi connectivity index (χ1) is 22.5. The fraction of sp³-hybridized carbons (Fsp3) is 0.263. The molecule has 3 amide bonds. The third kappa shape index (κ3) is 11.2. The van der Waals surface area contributed by atoms with Crippen molar-refractivity contribution in [2.75, 3.05) is 0 Å². The van der Waals surface area contributed by atoms with Gasteiger partial charge in [-0.1, -0.05) is 120 Å². The average molecular weight is 633 g/mol. The Morgan fingerprint density at radius 1 is 0.702 bits per heavy atom. The summed E-state index contributed by atoms with van der Waals surface area (Å²) in [5, 5.41) is 21.5. The zero-order valence-corrected chi connectivity index (χ0v) is 27.4. The van der Waals surface area contributed by atoms with E-state index in [0.717, 1.165) is 27.8 Å². The highest BCUT2D eigenvalue weighted by atomic mass is 16.2. The fourth-order valence-electron chi connectivity index (χ4n) is 5.07.